The minimum atomic E-state index is -0.0586. The normalized spacial score (nSPS) is 25.6. The lowest BCUT2D eigenvalue weighted by molar-refractivity contribution is -0.121. The summed E-state index contributed by atoms with van der Waals surface area (Å²) in [5, 5.41) is 0.659. The summed E-state index contributed by atoms with van der Waals surface area (Å²) in [5.74, 6) is 0.969. The molecule has 0 spiro atoms. The number of hydrogen-bond acceptors (Lipinski definition) is 3. The molecule has 0 bridgehead atoms. The third-order valence-electron chi connectivity index (χ3n) is 5.74. The zero-order valence-corrected chi connectivity index (χ0v) is 16.7. The molecule has 3 atom stereocenters. The molecule has 0 aromatic heterocycles. The van der Waals surface area contributed by atoms with Crippen molar-refractivity contribution >= 4 is 35.6 Å². The number of carbonyl (C=O) groups excluding carboxylic acids is 1. The molecule has 2 saturated heterocycles. The van der Waals surface area contributed by atoms with Crippen LogP contribution >= 0.6 is 24.0 Å². The number of carbonyl (C=O) groups is 1. The molecule has 4 rings (SSSR count). The van der Waals surface area contributed by atoms with Gasteiger partial charge in [-0.25, -0.2) is 0 Å². The van der Waals surface area contributed by atoms with Crippen molar-refractivity contribution < 1.29 is 4.79 Å². The van der Waals surface area contributed by atoms with Crippen LogP contribution in [-0.4, -0.2) is 43.0 Å². The van der Waals surface area contributed by atoms with E-state index >= 15 is 0 Å². The molecular formula is C21H25Cl2N3O. The first kappa shape index (κ1) is 20.2. The third-order valence-corrected chi connectivity index (χ3v) is 5.97. The second-order valence-electron chi connectivity index (χ2n) is 7.24. The number of amides is 1. The van der Waals surface area contributed by atoms with Crippen LogP contribution in [0.5, 0.6) is 0 Å². The molecule has 27 heavy (non-hydrogen) atoms. The van der Waals surface area contributed by atoms with E-state index in [0.29, 0.717) is 23.4 Å². The second-order valence-corrected chi connectivity index (χ2v) is 7.68. The van der Waals surface area contributed by atoms with E-state index in [-0.39, 0.29) is 24.4 Å². The van der Waals surface area contributed by atoms with Crippen molar-refractivity contribution in [3.63, 3.8) is 0 Å². The molecule has 0 saturated carbocycles. The first-order chi connectivity index (χ1) is 12.7. The summed E-state index contributed by atoms with van der Waals surface area (Å²) in [7, 11) is 0. The maximum Gasteiger partial charge on any atom is 0.244 e. The summed E-state index contributed by atoms with van der Waals surface area (Å²) in [4.78, 5) is 17.3. The molecule has 144 valence electrons. The Morgan fingerprint density at radius 3 is 2.56 bits per heavy atom. The van der Waals surface area contributed by atoms with Crippen LogP contribution in [0.1, 0.15) is 17.9 Å². The first-order valence-corrected chi connectivity index (χ1v) is 9.61. The number of hydrogen-bond donors (Lipinski definition) is 1. The number of nitrogens with zero attached hydrogens (tertiary/aromatic N) is 2. The highest BCUT2D eigenvalue weighted by molar-refractivity contribution is 6.31. The van der Waals surface area contributed by atoms with Crippen molar-refractivity contribution in [2.75, 3.05) is 31.1 Å². The summed E-state index contributed by atoms with van der Waals surface area (Å²) < 4.78 is 0. The van der Waals surface area contributed by atoms with E-state index in [1.165, 1.54) is 5.56 Å². The zero-order valence-electron chi connectivity index (χ0n) is 15.1. The van der Waals surface area contributed by atoms with Crippen LogP contribution in [-0.2, 0) is 4.79 Å². The summed E-state index contributed by atoms with van der Waals surface area (Å²) >= 11 is 6.10. The van der Waals surface area contributed by atoms with Gasteiger partial charge in [0.15, 0.2) is 0 Å². The predicted octanol–water partition coefficient (Wildman–Crippen LogP) is 3.54. The van der Waals surface area contributed by atoms with Gasteiger partial charge in [-0.1, -0.05) is 48.0 Å². The van der Waals surface area contributed by atoms with E-state index in [4.69, 9.17) is 17.3 Å². The number of likely N-dealkylation sites (tertiary alicyclic amines) is 1. The van der Waals surface area contributed by atoms with E-state index in [1.54, 1.807) is 0 Å². The largest absolute Gasteiger partial charge is 0.330 e. The minimum absolute atomic E-state index is 0. The van der Waals surface area contributed by atoms with Gasteiger partial charge < -0.3 is 10.6 Å². The zero-order chi connectivity index (χ0) is 18.1. The van der Waals surface area contributed by atoms with Crippen molar-refractivity contribution in [1.29, 1.82) is 0 Å². The molecule has 2 aliphatic heterocycles. The summed E-state index contributed by atoms with van der Waals surface area (Å²) in [6, 6.07) is 18.0. The van der Waals surface area contributed by atoms with E-state index in [1.807, 2.05) is 35.2 Å². The van der Waals surface area contributed by atoms with Crippen LogP contribution in [0.2, 0.25) is 5.02 Å². The molecule has 2 aromatic rings. The molecule has 0 radical (unpaired) electrons. The third kappa shape index (κ3) is 3.99. The highest BCUT2D eigenvalue weighted by Crippen LogP contribution is 2.36. The molecular weight excluding hydrogens is 381 g/mol. The predicted molar refractivity (Wildman–Crippen MR) is 113 cm³/mol. The molecule has 1 unspecified atom stereocenters. The van der Waals surface area contributed by atoms with Crippen molar-refractivity contribution in [2.24, 2.45) is 11.7 Å². The fraction of sp³-hybridized carbons (Fsp3) is 0.381. The van der Waals surface area contributed by atoms with E-state index in [0.717, 1.165) is 31.7 Å². The SMILES string of the molecule is Cl.NC[C@@H]1CN(C2CCN(c3cccc(Cl)c3)C2=O)C[C@H]1c1ccccc1. The molecule has 0 aliphatic carbocycles. The summed E-state index contributed by atoms with van der Waals surface area (Å²) in [6.07, 6.45) is 0.851. The Morgan fingerprint density at radius 1 is 1.07 bits per heavy atom. The summed E-state index contributed by atoms with van der Waals surface area (Å²) in [6.45, 7) is 3.17. The topological polar surface area (TPSA) is 49.6 Å². The Hall–Kier alpha value is -1.59. The molecule has 2 fully saturated rings. The molecule has 1 amide bonds. The molecule has 2 aliphatic rings. The highest BCUT2D eigenvalue weighted by Gasteiger charge is 2.42. The Morgan fingerprint density at radius 2 is 1.85 bits per heavy atom. The van der Waals surface area contributed by atoms with Crippen LogP contribution in [0.15, 0.2) is 54.6 Å². The van der Waals surface area contributed by atoms with Gasteiger partial charge in [0.25, 0.3) is 0 Å². The van der Waals surface area contributed by atoms with Crippen molar-refractivity contribution in [3.8, 4) is 0 Å². The Kier molecular flexibility index (Phi) is 6.43. The van der Waals surface area contributed by atoms with Crippen LogP contribution in [0.4, 0.5) is 5.69 Å². The Balaban J connectivity index is 0.00000210. The number of rotatable bonds is 4. The van der Waals surface area contributed by atoms with E-state index in [2.05, 4.69) is 29.2 Å². The first-order valence-electron chi connectivity index (χ1n) is 9.23. The van der Waals surface area contributed by atoms with Gasteiger partial charge in [-0.15, -0.1) is 12.4 Å². The monoisotopic (exact) mass is 405 g/mol. The number of anilines is 1. The maximum absolute atomic E-state index is 13.1. The van der Waals surface area contributed by atoms with Gasteiger partial charge in [0, 0.05) is 36.3 Å². The van der Waals surface area contributed by atoms with Crippen LogP contribution in [0.25, 0.3) is 0 Å². The lowest BCUT2D eigenvalue weighted by Gasteiger charge is -2.23. The van der Waals surface area contributed by atoms with Gasteiger partial charge in [-0.05, 0) is 42.6 Å². The van der Waals surface area contributed by atoms with Gasteiger partial charge in [-0.3, -0.25) is 9.69 Å². The van der Waals surface area contributed by atoms with E-state index in [9.17, 15) is 4.79 Å². The molecule has 2 N–H and O–H groups in total. The number of nitrogens with two attached hydrogens (primary N) is 1. The highest BCUT2D eigenvalue weighted by atomic mass is 35.5. The summed E-state index contributed by atoms with van der Waals surface area (Å²) in [5.41, 5.74) is 8.27. The van der Waals surface area contributed by atoms with Crippen LogP contribution in [0.3, 0.4) is 0 Å². The molecule has 2 heterocycles. The molecule has 6 heteroatoms. The van der Waals surface area contributed by atoms with Gasteiger partial charge >= 0.3 is 0 Å². The molecule has 4 nitrogen and oxygen atoms in total. The maximum atomic E-state index is 13.1. The van der Waals surface area contributed by atoms with Crippen LogP contribution < -0.4 is 10.6 Å². The molecule has 2 aromatic carbocycles. The fourth-order valence-corrected chi connectivity index (χ4v) is 4.56. The smallest absolute Gasteiger partial charge is 0.244 e. The van der Waals surface area contributed by atoms with Gasteiger partial charge in [0.05, 0.1) is 6.04 Å². The Bertz CT molecular complexity index is 786. The minimum Gasteiger partial charge on any atom is -0.330 e. The van der Waals surface area contributed by atoms with Crippen molar-refractivity contribution in [2.45, 2.75) is 18.4 Å². The lowest BCUT2D eigenvalue weighted by Crippen LogP contribution is -2.41. The fourth-order valence-electron chi connectivity index (χ4n) is 4.38. The number of halogens is 2. The second kappa shape index (κ2) is 8.61. The van der Waals surface area contributed by atoms with Gasteiger partial charge in [0.2, 0.25) is 5.91 Å². The number of benzene rings is 2. The Labute approximate surface area is 171 Å². The van der Waals surface area contributed by atoms with Crippen LogP contribution in [0, 0.1) is 5.92 Å². The average molecular weight is 406 g/mol. The van der Waals surface area contributed by atoms with Crippen molar-refractivity contribution in [1.82, 2.24) is 4.90 Å². The average Bonchev–Trinajstić information content (AvgIpc) is 3.26. The van der Waals surface area contributed by atoms with Gasteiger partial charge in [-0.2, -0.15) is 0 Å². The quantitative estimate of drug-likeness (QED) is 0.845. The van der Waals surface area contributed by atoms with Gasteiger partial charge in [0.1, 0.15) is 0 Å². The lowest BCUT2D eigenvalue weighted by atomic mass is 9.89. The standard InChI is InChI=1S/C21H24ClN3O.ClH/c22-17-7-4-8-18(11-17)25-10-9-20(21(25)26)24-13-16(12-23)19(14-24)15-5-2-1-3-6-15;/h1-8,11,16,19-20H,9-10,12-14,23H2;1H/t16-,19+,20?;/m1./s1. The van der Waals surface area contributed by atoms with E-state index < -0.39 is 0 Å². The van der Waals surface area contributed by atoms with Crippen molar-refractivity contribution in [3.05, 3.63) is 65.2 Å².